The molecule has 3 aromatic carbocycles. The summed E-state index contributed by atoms with van der Waals surface area (Å²) >= 11 is 1.58. The van der Waals surface area contributed by atoms with Crippen LogP contribution in [0.5, 0.6) is 0 Å². The maximum atomic E-state index is 14.0. The second kappa shape index (κ2) is 16.9. The van der Waals surface area contributed by atoms with Gasteiger partial charge in [-0.3, -0.25) is 4.79 Å². The first-order valence-electron chi connectivity index (χ1n) is 15.0. The van der Waals surface area contributed by atoms with Crippen molar-refractivity contribution >= 4 is 23.6 Å². The molecule has 0 fully saturated rings. The van der Waals surface area contributed by atoms with E-state index in [-0.39, 0.29) is 23.7 Å². The van der Waals surface area contributed by atoms with Gasteiger partial charge in [0.05, 0.1) is 12.4 Å². The topological polar surface area (TPSA) is 85.3 Å². The van der Waals surface area contributed by atoms with Crippen molar-refractivity contribution in [3.8, 4) is 0 Å². The lowest BCUT2D eigenvalue weighted by Crippen LogP contribution is -2.43. The number of rotatable bonds is 16. The predicted octanol–water partition coefficient (Wildman–Crippen LogP) is 5.98. The molecule has 0 spiro atoms. The molecule has 4 aromatic rings. The first-order valence-corrected chi connectivity index (χ1v) is 16.4. The van der Waals surface area contributed by atoms with E-state index < -0.39 is 17.9 Å². The first-order chi connectivity index (χ1) is 21.7. The number of halogens is 2. The zero-order valence-corrected chi connectivity index (χ0v) is 26.7. The van der Waals surface area contributed by atoms with Gasteiger partial charge in [0.15, 0.2) is 0 Å². The van der Waals surface area contributed by atoms with Gasteiger partial charge in [0.2, 0.25) is 0 Å². The molecule has 0 aliphatic heterocycles. The molecule has 0 saturated carbocycles. The lowest BCUT2D eigenvalue weighted by molar-refractivity contribution is -0.149. The van der Waals surface area contributed by atoms with E-state index in [1.165, 1.54) is 24.3 Å². The van der Waals surface area contributed by atoms with E-state index in [9.17, 15) is 18.4 Å². The molecule has 4 rings (SSSR count). The predicted molar refractivity (Wildman–Crippen MR) is 174 cm³/mol. The largest absolute Gasteiger partial charge is 0.461 e. The normalized spacial score (nSPS) is 12.6. The molecule has 238 valence electrons. The van der Waals surface area contributed by atoms with Crippen molar-refractivity contribution in [3.05, 3.63) is 125 Å². The fourth-order valence-corrected chi connectivity index (χ4v) is 5.50. The van der Waals surface area contributed by atoms with Crippen LogP contribution in [0.25, 0.3) is 0 Å². The smallest absolute Gasteiger partial charge is 0.328 e. The summed E-state index contributed by atoms with van der Waals surface area (Å²) in [6.45, 7) is 5.49. The van der Waals surface area contributed by atoms with E-state index in [4.69, 9.17) is 4.74 Å². The molecule has 0 bridgehead atoms. The van der Waals surface area contributed by atoms with E-state index in [2.05, 4.69) is 15.6 Å². The average Bonchev–Trinajstić information content (AvgIpc) is 3.54. The monoisotopic (exact) mass is 634 g/mol. The van der Waals surface area contributed by atoms with Gasteiger partial charge >= 0.3 is 5.97 Å². The summed E-state index contributed by atoms with van der Waals surface area (Å²) < 4.78 is 34.9. The molecule has 1 heterocycles. The minimum absolute atomic E-state index is 0.196. The first kappa shape index (κ1) is 33.9. The van der Waals surface area contributed by atoms with Crippen LogP contribution >= 0.6 is 11.8 Å². The van der Waals surface area contributed by atoms with Crippen LogP contribution in [0.2, 0.25) is 0 Å². The lowest BCUT2D eigenvalue weighted by atomic mass is 9.87. The van der Waals surface area contributed by atoms with Crippen LogP contribution in [0.1, 0.15) is 58.8 Å². The molecule has 7 nitrogen and oxygen atoms in total. The number of thioether (sulfide) groups is 1. The van der Waals surface area contributed by atoms with Crippen molar-refractivity contribution in [2.45, 2.75) is 51.3 Å². The molecule has 0 aliphatic carbocycles. The Bertz CT molecular complexity index is 1510. The number of hydrogen-bond donors (Lipinski definition) is 2. The Hall–Kier alpha value is -4.02. The van der Waals surface area contributed by atoms with Crippen molar-refractivity contribution in [2.24, 2.45) is 0 Å². The highest BCUT2D eigenvalue weighted by Crippen LogP contribution is 2.28. The Morgan fingerprint density at radius 1 is 0.978 bits per heavy atom. The van der Waals surface area contributed by atoms with Crippen LogP contribution in [-0.2, 0) is 22.5 Å². The van der Waals surface area contributed by atoms with Gasteiger partial charge in [-0.05, 0) is 91.3 Å². The fourth-order valence-electron chi connectivity index (χ4n) is 5.03. The van der Waals surface area contributed by atoms with Crippen molar-refractivity contribution < 1.29 is 23.1 Å². The Balaban J connectivity index is 1.67. The Morgan fingerprint density at radius 2 is 1.67 bits per heavy atom. The van der Waals surface area contributed by atoms with Crippen molar-refractivity contribution in [3.63, 3.8) is 0 Å². The van der Waals surface area contributed by atoms with Gasteiger partial charge in [-0.15, -0.1) is 0 Å². The van der Waals surface area contributed by atoms with Gasteiger partial charge in [-0.25, -0.2) is 18.6 Å². The molecule has 1 amide bonds. The SMILES string of the molecule is CSCC[C@H](NC(=O)c1cc(C(CNCCn2ccnc2)c2ccc(F)cc2)ccc1Cc1ccc(F)cc1)C(=O)OC(C)C. The van der Waals surface area contributed by atoms with E-state index in [0.717, 1.165) is 28.8 Å². The average molecular weight is 635 g/mol. The van der Waals surface area contributed by atoms with Gasteiger partial charge in [-0.1, -0.05) is 36.4 Å². The molecule has 1 unspecified atom stereocenters. The number of imidazole rings is 1. The zero-order valence-electron chi connectivity index (χ0n) is 25.8. The van der Waals surface area contributed by atoms with E-state index in [1.807, 2.05) is 35.2 Å². The number of ether oxygens (including phenoxy) is 1. The van der Waals surface area contributed by atoms with E-state index in [1.54, 1.807) is 62.4 Å². The van der Waals surface area contributed by atoms with E-state index in [0.29, 0.717) is 37.2 Å². The molecule has 0 aliphatic rings. The minimum atomic E-state index is -0.813. The number of carbonyl (C=O) groups excluding carboxylic acids is 2. The van der Waals surface area contributed by atoms with E-state index >= 15 is 0 Å². The van der Waals surface area contributed by atoms with Crippen LogP contribution in [0.3, 0.4) is 0 Å². The Kier molecular flexibility index (Phi) is 12.7. The summed E-state index contributed by atoms with van der Waals surface area (Å²) in [5.74, 6) is -1.07. The number of nitrogens with one attached hydrogen (secondary N) is 2. The number of amides is 1. The summed E-state index contributed by atoms with van der Waals surface area (Å²) in [6.07, 6.45) is 7.82. The third-order valence-electron chi connectivity index (χ3n) is 7.37. The van der Waals surface area contributed by atoms with Gasteiger partial charge < -0.3 is 19.9 Å². The quantitative estimate of drug-likeness (QED) is 0.117. The number of esters is 1. The lowest BCUT2D eigenvalue weighted by Gasteiger charge is -2.23. The molecular weight excluding hydrogens is 594 g/mol. The van der Waals surface area contributed by atoms with Gasteiger partial charge in [0.25, 0.3) is 5.91 Å². The van der Waals surface area contributed by atoms with Gasteiger partial charge in [0.1, 0.15) is 17.7 Å². The molecule has 0 radical (unpaired) electrons. The molecular formula is C35H40F2N4O3S. The molecule has 1 aromatic heterocycles. The highest BCUT2D eigenvalue weighted by molar-refractivity contribution is 7.98. The summed E-state index contributed by atoms with van der Waals surface area (Å²) in [5.41, 5.74) is 3.73. The Morgan fingerprint density at radius 3 is 2.31 bits per heavy atom. The minimum Gasteiger partial charge on any atom is -0.461 e. The maximum Gasteiger partial charge on any atom is 0.328 e. The highest BCUT2D eigenvalue weighted by Gasteiger charge is 2.26. The second-order valence-corrected chi connectivity index (χ2v) is 12.1. The molecule has 0 saturated heterocycles. The third kappa shape index (κ3) is 10.3. The summed E-state index contributed by atoms with van der Waals surface area (Å²) in [7, 11) is 0. The van der Waals surface area contributed by atoms with Crippen molar-refractivity contribution in [2.75, 3.05) is 25.1 Å². The van der Waals surface area contributed by atoms with Crippen LogP contribution < -0.4 is 10.6 Å². The molecule has 2 N–H and O–H groups in total. The molecule has 2 atom stereocenters. The van der Waals surface area contributed by atoms with Gasteiger partial charge in [-0.2, -0.15) is 11.8 Å². The summed E-state index contributed by atoms with van der Waals surface area (Å²) in [4.78, 5) is 31.0. The standard InChI is InChI=1S/C35H40F2N4O3S/c1-24(2)44-35(43)33(14-19-45-3)40-34(42)31-21-28(7-6-27(31)20-25-4-10-29(36)11-5-25)32(26-8-12-30(37)13-9-26)22-38-15-17-41-18-16-39-23-41/h4-13,16,18,21,23-24,32-33,38H,14-15,17,19-20,22H2,1-3H3,(H,40,42)/t32?,33-/m0/s1. The number of carbonyl (C=O) groups is 2. The van der Waals surface area contributed by atoms with Crippen LogP contribution in [-0.4, -0.2) is 58.7 Å². The zero-order chi connectivity index (χ0) is 32.2. The van der Waals surface area contributed by atoms with Crippen LogP contribution in [0.15, 0.2) is 85.5 Å². The highest BCUT2D eigenvalue weighted by atomic mass is 32.2. The van der Waals surface area contributed by atoms with Crippen LogP contribution in [0, 0.1) is 11.6 Å². The fraction of sp³-hybridized carbons (Fsp3) is 0.343. The summed E-state index contributed by atoms with van der Waals surface area (Å²) in [5, 5.41) is 6.42. The number of nitrogens with zero attached hydrogens (tertiary/aromatic N) is 2. The van der Waals surface area contributed by atoms with Crippen LogP contribution in [0.4, 0.5) is 8.78 Å². The molecule has 10 heteroatoms. The number of hydrogen-bond acceptors (Lipinski definition) is 6. The number of benzene rings is 3. The second-order valence-electron chi connectivity index (χ2n) is 11.1. The third-order valence-corrected chi connectivity index (χ3v) is 8.01. The summed E-state index contributed by atoms with van der Waals surface area (Å²) in [6, 6.07) is 17.4. The number of aromatic nitrogens is 2. The Labute approximate surface area is 267 Å². The van der Waals surface area contributed by atoms with Crippen molar-refractivity contribution in [1.29, 1.82) is 0 Å². The van der Waals surface area contributed by atoms with Crippen molar-refractivity contribution in [1.82, 2.24) is 20.2 Å². The molecule has 45 heavy (non-hydrogen) atoms. The maximum absolute atomic E-state index is 14.0. The van der Waals surface area contributed by atoms with Gasteiger partial charge in [0, 0.05) is 43.5 Å².